The standard InChI is InChI=1S/C15H30N2O/c1-7-13(8-2)11(5)17-12(6)16-14(15(17)18)9-10(3)4/h10-14,16H,7-9H2,1-6H3. The number of nitrogens with zero attached hydrogens (tertiary/aromatic N) is 1. The van der Waals surface area contributed by atoms with Gasteiger partial charge in [-0.05, 0) is 32.1 Å². The third kappa shape index (κ3) is 3.25. The Balaban J connectivity index is 2.74. The molecule has 106 valence electrons. The molecule has 0 bridgehead atoms. The van der Waals surface area contributed by atoms with Gasteiger partial charge in [-0.25, -0.2) is 0 Å². The van der Waals surface area contributed by atoms with E-state index in [9.17, 15) is 4.79 Å². The van der Waals surface area contributed by atoms with Crippen LogP contribution in [0.4, 0.5) is 0 Å². The molecule has 0 spiro atoms. The van der Waals surface area contributed by atoms with Gasteiger partial charge < -0.3 is 4.90 Å². The van der Waals surface area contributed by atoms with Crippen molar-refractivity contribution in [1.82, 2.24) is 10.2 Å². The summed E-state index contributed by atoms with van der Waals surface area (Å²) in [7, 11) is 0. The molecule has 0 saturated carbocycles. The van der Waals surface area contributed by atoms with E-state index in [4.69, 9.17) is 0 Å². The molecule has 3 heteroatoms. The zero-order chi connectivity index (χ0) is 13.9. The van der Waals surface area contributed by atoms with Crippen molar-refractivity contribution in [2.75, 3.05) is 0 Å². The van der Waals surface area contributed by atoms with Crippen molar-refractivity contribution >= 4 is 5.91 Å². The van der Waals surface area contributed by atoms with Gasteiger partial charge in [0, 0.05) is 6.04 Å². The zero-order valence-electron chi connectivity index (χ0n) is 12.9. The van der Waals surface area contributed by atoms with Crippen LogP contribution < -0.4 is 5.32 Å². The van der Waals surface area contributed by atoms with Gasteiger partial charge in [0.2, 0.25) is 5.91 Å². The summed E-state index contributed by atoms with van der Waals surface area (Å²) in [6.07, 6.45) is 3.40. The van der Waals surface area contributed by atoms with Gasteiger partial charge >= 0.3 is 0 Å². The van der Waals surface area contributed by atoms with Crippen LogP contribution in [0.25, 0.3) is 0 Å². The number of hydrogen-bond acceptors (Lipinski definition) is 2. The lowest BCUT2D eigenvalue weighted by Crippen LogP contribution is -2.45. The fourth-order valence-corrected chi connectivity index (χ4v) is 3.21. The van der Waals surface area contributed by atoms with Crippen molar-refractivity contribution in [1.29, 1.82) is 0 Å². The van der Waals surface area contributed by atoms with E-state index in [1.807, 2.05) is 0 Å². The summed E-state index contributed by atoms with van der Waals surface area (Å²) in [4.78, 5) is 14.6. The predicted octanol–water partition coefficient (Wildman–Crippen LogP) is 3.00. The van der Waals surface area contributed by atoms with Gasteiger partial charge in [0.1, 0.15) is 0 Å². The minimum Gasteiger partial charge on any atom is -0.323 e. The SMILES string of the molecule is CCC(CC)C(C)N1C(=O)C(CC(C)C)NC1C. The predicted molar refractivity (Wildman–Crippen MR) is 76.2 cm³/mol. The fraction of sp³-hybridized carbons (Fsp3) is 0.933. The van der Waals surface area contributed by atoms with Crippen LogP contribution in [0.15, 0.2) is 0 Å². The minimum atomic E-state index is 0.0248. The average Bonchev–Trinajstić information content (AvgIpc) is 2.54. The summed E-state index contributed by atoms with van der Waals surface area (Å²) in [6.45, 7) is 13.1. The Morgan fingerprint density at radius 3 is 2.22 bits per heavy atom. The van der Waals surface area contributed by atoms with E-state index in [-0.39, 0.29) is 12.2 Å². The molecule has 0 aliphatic carbocycles. The highest BCUT2D eigenvalue weighted by Crippen LogP contribution is 2.25. The molecular formula is C15H30N2O. The normalized spacial score (nSPS) is 26.4. The van der Waals surface area contributed by atoms with Gasteiger partial charge in [-0.3, -0.25) is 10.1 Å². The summed E-state index contributed by atoms with van der Waals surface area (Å²) in [5.74, 6) is 1.47. The molecular weight excluding hydrogens is 224 g/mol. The molecule has 3 nitrogen and oxygen atoms in total. The van der Waals surface area contributed by atoms with E-state index in [1.54, 1.807) is 0 Å². The number of amides is 1. The first-order chi connectivity index (χ1) is 8.42. The quantitative estimate of drug-likeness (QED) is 0.790. The molecule has 3 unspecified atom stereocenters. The maximum atomic E-state index is 12.5. The Bertz CT molecular complexity index is 274. The van der Waals surface area contributed by atoms with Crippen molar-refractivity contribution in [3.05, 3.63) is 0 Å². The van der Waals surface area contributed by atoms with Gasteiger partial charge in [0.05, 0.1) is 12.2 Å². The van der Waals surface area contributed by atoms with Gasteiger partial charge in [0.15, 0.2) is 0 Å². The molecule has 1 amide bonds. The highest BCUT2D eigenvalue weighted by atomic mass is 16.2. The van der Waals surface area contributed by atoms with Gasteiger partial charge in [-0.15, -0.1) is 0 Å². The van der Waals surface area contributed by atoms with Crippen LogP contribution in [0, 0.1) is 11.8 Å². The maximum Gasteiger partial charge on any atom is 0.241 e. The largest absolute Gasteiger partial charge is 0.323 e. The lowest BCUT2D eigenvalue weighted by atomic mass is 9.93. The van der Waals surface area contributed by atoms with Crippen LogP contribution in [0.3, 0.4) is 0 Å². The van der Waals surface area contributed by atoms with E-state index in [0.29, 0.717) is 23.8 Å². The molecule has 1 N–H and O–H groups in total. The van der Waals surface area contributed by atoms with E-state index in [2.05, 4.69) is 51.8 Å². The molecule has 0 aromatic heterocycles. The molecule has 1 rings (SSSR count). The van der Waals surface area contributed by atoms with Crippen LogP contribution in [0.2, 0.25) is 0 Å². The number of hydrogen-bond donors (Lipinski definition) is 1. The van der Waals surface area contributed by atoms with E-state index >= 15 is 0 Å². The summed E-state index contributed by atoms with van der Waals surface area (Å²) in [6, 6.07) is 0.365. The Kier molecular flexibility index (Phi) is 5.64. The first kappa shape index (κ1) is 15.5. The van der Waals surface area contributed by atoms with Crippen molar-refractivity contribution in [3.8, 4) is 0 Å². The number of carbonyl (C=O) groups excluding carboxylic acids is 1. The Morgan fingerprint density at radius 2 is 1.78 bits per heavy atom. The monoisotopic (exact) mass is 254 g/mol. The highest BCUT2D eigenvalue weighted by molar-refractivity contribution is 5.84. The van der Waals surface area contributed by atoms with E-state index in [1.165, 1.54) is 0 Å². The molecule has 0 aromatic rings. The Morgan fingerprint density at radius 1 is 1.22 bits per heavy atom. The molecule has 18 heavy (non-hydrogen) atoms. The first-order valence-corrected chi connectivity index (χ1v) is 7.50. The minimum absolute atomic E-state index is 0.0248. The first-order valence-electron chi connectivity index (χ1n) is 7.50. The maximum absolute atomic E-state index is 12.5. The molecule has 1 saturated heterocycles. The Labute approximate surface area is 112 Å². The topological polar surface area (TPSA) is 32.3 Å². The lowest BCUT2D eigenvalue weighted by Gasteiger charge is -2.33. The van der Waals surface area contributed by atoms with Crippen molar-refractivity contribution in [3.63, 3.8) is 0 Å². The van der Waals surface area contributed by atoms with Crippen LogP contribution in [0.5, 0.6) is 0 Å². The Hall–Kier alpha value is -0.570. The molecule has 1 aliphatic heterocycles. The van der Waals surface area contributed by atoms with Gasteiger partial charge in [-0.1, -0.05) is 40.5 Å². The number of nitrogens with one attached hydrogen (secondary N) is 1. The van der Waals surface area contributed by atoms with E-state index < -0.39 is 0 Å². The highest BCUT2D eigenvalue weighted by Gasteiger charge is 2.40. The van der Waals surface area contributed by atoms with Gasteiger partial charge in [0.25, 0.3) is 0 Å². The summed E-state index contributed by atoms with van der Waals surface area (Å²) in [5.41, 5.74) is 0. The van der Waals surface area contributed by atoms with Crippen LogP contribution in [-0.2, 0) is 4.79 Å². The third-order valence-corrected chi connectivity index (χ3v) is 4.29. The average molecular weight is 254 g/mol. The molecule has 0 aromatic carbocycles. The lowest BCUT2D eigenvalue weighted by molar-refractivity contribution is -0.133. The second-order valence-electron chi connectivity index (χ2n) is 6.09. The van der Waals surface area contributed by atoms with Crippen LogP contribution >= 0.6 is 0 Å². The molecule has 1 heterocycles. The molecule has 3 atom stereocenters. The zero-order valence-corrected chi connectivity index (χ0v) is 12.9. The van der Waals surface area contributed by atoms with Gasteiger partial charge in [-0.2, -0.15) is 0 Å². The molecule has 0 radical (unpaired) electrons. The summed E-state index contributed by atoms with van der Waals surface area (Å²) >= 11 is 0. The number of carbonyl (C=O) groups is 1. The number of rotatable bonds is 6. The smallest absolute Gasteiger partial charge is 0.241 e. The molecule has 1 aliphatic rings. The molecule has 1 fully saturated rings. The van der Waals surface area contributed by atoms with Crippen molar-refractivity contribution in [2.45, 2.75) is 79.1 Å². The fourth-order valence-electron chi connectivity index (χ4n) is 3.21. The van der Waals surface area contributed by atoms with Crippen molar-refractivity contribution in [2.24, 2.45) is 11.8 Å². The second kappa shape index (κ2) is 6.55. The summed E-state index contributed by atoms with van der Waals surface area (Å²) in [5, 5.41) is 3.45. The van der Waals surface area contributed by atoms with Crippen molar-refractivity contribution < 1.29 is 4.79 Å². The van der Waals surface area contributed by atoms with E-state index in [0.717, 1.165) is 19.3 Å². The van der Waals surface area contributed by atoms with Crippen LogP contribution in [0.1, 0.15) is 60.8 Å². The summed E-state index contributed by atoms with van der Waals surface area (Å²) < 4.78 is 0. The second-order valence-corrected chi connectivity index (χ2v) is 6.09. The van der Waals surface area contributed by atoms with Crippen LogP contribution in [-0.4, -0.2) is 29.1 Å². The third-order valence-electron chi connectivity index (χ3n) is 4.29.